The predicted octanol–water partition coefficient (Wildman–Crippen LogP) is 5.68. The predicted molar refractivity (Wildman–Crippen MR) is 83.0 cm³/mol. The summed E-state index contributed by atoms with van der Waals surface area (Å²) in [6.45, 7) is 4.23. The molecule has 0 radical (unpaired) electrons. The highest BCUT2D eigenvalue weighted by Gasteiger charge is 2.06. The molecule has 1 unspecified atom stereocenters. The summed E-state index contributed by atoms with van der Waals surface area (Å²) in [5.74, 6) is 7.04. The van der Waals surface area contributed by atoms with Gasteiger partial charge in [0.1, 0.15) is 0 Å². The molecule has 1 heterocycles. The molecule has 0 bridgehead atoms. The molecule has 1 heteroatoms. The molecule has 0 spiro atoms. The first-order valence-corrected chi connectivity index (χ1v) is 8.24. The Balaban J connectivity index is 2.19. The van der Waals surface area contributed by atoms with Crippen molar-refractivity contribution in [2.24, 2.45) is 5.92 Å². The van der Waals surface area contributed by atoms with E-state index in [9.17, 15) is 0 Å². The van der Waals surface area contributed by atoms with E-state index in [2.05, 4.69) is 35.6 Å². The number of hydrogen-bond acceptors (Lipinski definition) is 1. The van der Waals surface area contributed by atoms with Crippen LogP contribution in [0.5, 0.6) is 0 Å². The largest absolute Gasteiger partial charge is 0.152 e. The third-order valence-corrected chi connectivity index (χ3v) is 4.05. The van der Waals surface area contributed by atoms with Crippen LogP contribution >= 0.6 is 11.3 Å². The Bertz CT molecular complexity index is 339. The average Bonchev–Trinajstić information content (AvgIpc) is 2.86. The molecule has 1 aromatic rings. The number of hydrogen-bond donors (Lipinski definition) is 0. The lowest BCUT2D eigenvalue weighted by Crippen LogP contribution is -2.01. The summed E-state index contributed by atoms with van der Waals surface area (Å²) in [6.07, 6.45) is 10.7. The number of thiophene rings is 1. The molecule has 18 heavy (non-hydrogen) atoms. The van der Waals surface area contributed by atoms with Crippen LogP contribution in [0.3, 0.4) is 0 Å². The van der Waals surface area contributed by atoms with E-state index < -0.39 is 0 Å². The van der Waals surface area contributed by atoms with Crippen LogP contribution in [0.2, 0.25) is 0 Å². The Morgan fingerprint density at radius 2 is 1.94 bits per heavy atom. The van der Waals surface area contributed by atoms with Gasteiger partial charge in [-0.05, 0) is 42.2 Å². The number of unbranched alkanes of at least 4 members (excludes halogenated alkanes) is 5. The zero-order valence-electron chi connectivity index (χ0n) is 11.9. The Morgan fingerprint density at radius 3 is 2.61 bits per heavy atom. The van der Waals surface area contributed by atoms with E-state index in [-0.39, 0.29) is 0 Å². The smallest absolute Gasteiger partial charge is 0.0243 e. The van der Waals surface area contributed by atoms with Crippen molar-refractivity contribution in [1.29, 1.82) is 0 Å². The van der Waals surface area contributed by atoms with Gasteiger partial charge in [0.05, 0.1) is 0 Å². The molecule has 0 amide bonds. The summed E-state index contributed by atoms with van der Waals surface area (Å²) >= 11 is 1.79. The van der Waals surface area contributed by atoms with Gasteiger partial charge in [0.15, 0.2) is 0 Å². The van der Waals surface area contributed by atoms with Gasteiger partial charge in [0, 0.05) is 5.92 Å². The van der Waals surface area contributed by atoms with Gasteiger partial charge in [-0.2, -0.15) is 11.3 Å². The van der Waals surface area contributed by atoms with E-state index in [1.807, 2.05) is 6.92 Å². The van der Waals surface area contributed by atoms with Crippen molar-refractivity contribution >= 4 is 11.3 Å². The first-order chi connectivity index (χ1) is 8.86. The molecule has 100 valence electrons. The molecule has 0 nitrogen and oxygen atoms in total. The Hall–Kier alpha value is -0.740. The molecule has 0 fully saturated rings. The van der Waals surface area contributed by atoms with Crippen LogP contribution in [0.15, 0.2) is 16.8 Å². The second-order valence-electron chi connectivity index (χ2n) is 4.98. The van der Waals surface area contributed by atoms with Crippen LogP contribution in [0.25, 0.3) is 0 Å². The first kappa shape index (κ1) is 15.3. The molecular weight excluding hydrogens is 236 g/mol. The quantitative estimate of drug-likeness (QED) is 0.396. The standard InChI is InChI=1S/C17H26S/c1-3-5-6-7-8-9-11-16(10-4-2)14-17-12-13-18-15-17/h12-13,15-16H,3,5-9,11,14H2,1-2H3. The van der Waals surface area contributed by atoms with Crippen molar-refractivity contribution in [1.82, 2.24) is 0 Å². The highest BCUT2D eigenvalue weighted by Crippen LogP contribution is 2.18. The van der Waals surface area contributed by atoms with Gasteiger partial charge in [-0.25, -0.2) is 0 Å². The Labute approximate surface area is 117 Å². The highest BCUT2D eigenvalue weighted by atomic mass is 32.1. The van der Waals surface area contributed by atoms with Gasteiger partial charge in [-0.3, -0.25) is 0 Å². The second kappa shape index (κ2) is 10.2. The summed E-state index contributed by atoms with van der Waals surface area (Å²) in [4.78, 5) is 0. The number of rotatable bonds is 9. The van der Waals surface area contributed by atoms with Crippen molar-refractivity contribution < 1.29 is 0 Å². The minimum Gasteiger partial charge on any atom is -0.152 e. The van der Waals surface area contributed by atoms with Crippen molar-refractivity contribution in [3.8, 4) is 11.8 Å². The minimum atomic E-state index is 0.566. The Kier molecular flexibility index (Phi) is 8.69. The minimum absolute atomic E-state index is 0.566. The lowest BCUT2D eigenvalue weighted by molar-refractivity contribution is 0.527. The lowest BCUT2D eigenvalue weighted by Gasteiger charge is -2.09. The molecular formula is C17H26S. The van der Waals surface area contributed by atoms with Crippen LogP contribution in [-0.2, 0) is 6.42 Å². The molecule has 1 atom stereocenters. The van der Waals surface area contributed by atoms with Crippen molar-refractivity contribution in [2.45, 2.75) is 65.2 Å². The van der Waals surface area contributed by atoms with Gasteiger partial charge >= 0.3 is 0 Å². The molecule has 1 aromatic heterocycles. The molecule has 0 saturated carbocycles. The summed E-state index contributed by atoms with van der Waals surface area (Å²) in [5, 5.41) is 4.42. The molecule has 1 rings (SSSR count). The molecule has 0 aliphatic rings. The zero-order chi connectivity index (χ0) is 13.1. The average molecular weight is 262 g/mol. The topological polar surface area (TPSA) is 0 Å². The fourth-order valence-corrected chi connectivity index (χ4v) is 2.98. The lowest BCUT2D eigenvalue weighted by atomic mass is 9.95. The van der Waals surface area contributed by atoms with E-state index in [1.54, 1.807) is 11.3 Å². The monoisotopic (exact) mass is 262 g/mol. The van der Waals surface area contributed by atoms with Crippen LogP contribution in [-0.4, -0.2) is 0 Å². The third kappa shape index (κ3) is 6.87. The maximum atomic E-state index is 3.38. The molecule has 0 aromatic carbocycles. The SMILES string of the molecule is CC#CC(CCCCCCCC)Cc1ccsc1. The zero-order valence-corrected chi connectivity index (χ0v) is 12.7. The van der Waals surface area contributed by atoms with Crippen molar-refractivity contribution in [2.75, 3.05) is 0 Å². The molecule has 0 saturated heterocycles. The van der Waals surface area contributed by atoms with Crippen LogP contribution in [0.1, 0.15) is 64.4 Å². The Morgan fingerprint density at radius 1 is 1.17 bits per heavy atom. The van der Waals surface area contributed by atoms with Gasteiger partial charge in [-0.1, -0.05) is 51.4 Å². The van der Waals surface area contributed by atoms with Gasteiger partial charge in [-0.15, -0.1) is 5.92 Å². The summed E-state index contributed by atoms with van der Waals surface area (Å²) in [5.41, 5.74) is 1.46. The van der Waals surface area contributed by atoms with E-state index >= 15 is 0 Å². The van der Waals surface area contributed by atoms with Gasteiger partial charge in [0.2, 0.25) is 0 Å². The molecule has 0 aliphatic heterocycles. The van der Waals surface area contributed by atoms with Gasteiger partial charge in [0.25, 0.3) is 0 Å². The molecule has 0 N–H and O–H groups in total. The third-order valence-electron chi connectivity index (χ3n) is 3.32. The van der Waals surface area contributed by atoms with Crippen molar-refractivity contribution in [3.05, 3.63) is 22.4 Å². The van der Waals surface area contributed by atoms with E-state index in [4.69, 9.17) is 0 Å². The van der Waals surface area contributed by atoms with Crippen LogP contribution in [0.4, 0.5) is 0 Å². The van der Waals surface area contributed by atoms with Crippen LogP contribution < -0.4 is 0 Å². The highest BCUT2D eigenvalue weighted by molar-refractivity contribution is 7.07. The van der Waals surface area contributed by atoms with Gasteiger partial charge < -0.3 is 0 Å². The van der Waals surface area contributed by atoms with E-state index in [0.717, 1.165) is 6.42 Å². The normalized spacial score (nSPS) is 11.9. The maximum Gasteiger partial charge on any atom is 0.0243 e. The fraction of sp³-hybridized carbons (Fsp3) is 0.647. The fourth-order valence-electron chi connectivity index (χ4n) is 2.29. The van der Waals surface area contributed by atoms with Crippen molar-refractivity contribution in [3.63, 3.8) is 0 Å². The first-order valence-electron chi connectivity index (χ1n) is 7.30. The van der Waals surface area contributed by atoms with E-state index in [0.29, 0.717) is 5.92 Å². The molecule has 0 aliphatic carbocycles. The second-order valence-corrected chi connectivity index (χ2v) is 5.76. The summed E-state index contributed by atoms with van der Waals surface area (Å²) < 4.78 is 0. The summed E-state index contributed by atoms with van der Waals surface area (Å²) in [7, 11) is 0. The van der Waals surface area contributed by atoms with Crippen LogP contribution in [0, 0.1) is 17.8 Å². The summed E-state index contributed by atoms with van der Waals surface area (Å²) in [6, 6.07) is 2.23. The van der Waals surface area contributed by atoms with E-state index in [1.165, 1.54) is 50.5 Å². The maximum absolute atomic E-state index is 3.38.